The number of rotatable bonds is 2. The van der Waals surface area contributed by atoms with Gasteiger partial charge in [0.2, 0.25) is 0 Å². The van der Waals surface area contributed by atoms with Crippen LogP contribution in [0.25, 0.3) is 11.0 Å². The molecule has 0 bridgehead atoms. The van der Waals surface area contributed by atoms with E-state index in [1.54, 1.807) is 18.2 Å². The van der Waals surface area contributed by atoms with Gasteiger partial charge in [0.1, 0.15) is 23.1 Å². The molecular weight excluding hydrogens is 273 g/mol. The zero-order valence-electron chi connectivity index (χ0n) is 9.19. The summed E-state index contributed by atoms with van der Waals surface area (Å²) in [5.74, 6) is 1.17. The Hall–Kier alpha value is -1.42. The lowest BCUT2D eigenvalue weighted by Crippen LogP contribution is -2.09. The minimum atomic E-state index is -0.483. The molecule has 0 amide bonds. The number of benzene rings is 1. The van der Waals surface area contributed by atoms with Crippen molar-refractivity contribution in [2.75, 3.05) is 0 Å². The summed E-state index contributed by atoms with van der Waals surface area (Å²) in [4.78, 5) is 0. The van der Waals surface area contributed by atoms with Gasteiger partial charge in [0.25, 0.3) is 0 Å². The third-order valence-electron chi connectivity index (χ3n) is 2.70. The van der Waals surface area contributed by atoms with E-state index in [0.717, 1.165) is 11.0 Å². The van der Waals surface area contributed by atoms with Gasteiger partial charge in [0, 0.05) is 10.4 Å². The third-order valence-corrected chi connectivity index (χ3v) is 3.14. The Morgan fingerprint density at radius 3 is 2.50 bits per heavy atom. The summed E-state index contributed by atoms with van der Waals surface area (Å²) in [6.07, 6.45) is 0. The van der Waals surface area contributed by atoms with Crippen LogP contribution in [0.1, 0.15) is 17.6 Å². The zero-order chi connectivity index (χ0) is 12.7. The number of halogens is 2. The SMILES string of the molecule is NC(c1ccc(Cl)o1)c1cc2cc(Cl)ccc2o1. The highest BCUT2D eigenvalue weighted by molar-refractivity contribution is 6.31. The van der Waals surface area contributed by atoms with Crippen LogP contribution in [0.2, 0.25) is 10.2 Å². The maximum absolute atomic E-state index is 6.05. The normalized spacial score (nSPS) is 13.1. The zero-order valence-corrected chi connectivity index (χ0v) is 10.7. The molecule has 0 radical (unpaired) electrons. The van der Waals surface area contributed by atoms with Crippen molar-refractivity contribution in [1.82, 2.24) is 0 Å². The second-order valence-corrected chi connectivity index (χ2v) is 4.76. The van der Waals surface area contributed by atoms with Crippen LogP contribution in [0.15, 0.2) is 45.2 Å². The predicted octanol–water partition coefficient (Wildman–Crippen LogP) is 4.38. The van der Waals surface area contributed by atoms with Crippen LogP contribution < -0.4 is 5.73 Å². The number of nitrogens with two attached hydrogens (primary N) is 1. The average Bonchev–Trinajstić information content (AvgIpc) is 2.93. The van der Waals surface area contributed by atoms with E-state index < -0.39 is 6.04 Å². The van der Waals surface area contributed by atoms with Crippen LogP contribution in [-0.4, -0.2) is 0 Å². The van der Waals surface area contributed by atoms with Gasteiger partial charge in [0.15, 0.2) is 5.22 Å². The summed E-state index contributed by atoms with van der Waals surface area (Å²) in [5, 5.41) is 1.87. The van der Waals surface area contributed by atoms with E-state index in [4.69, 9.17) is 37.8 Å². The number of hydrogen-bond acceptors (Lipinski definition) is 3. The maximum Gasteiger partial charge on any atom is 0.193 e. The number of furan rings is 2. The molecule has 92 valence electrons. The van der Waals surface area contributed by atoms with Gasteiger partial charge in [-0.15, -0.1) is 0 Å². The lowest BCUT2D eigenvalue weighted by atomic mass is 10.1. The van der Waals surface area contributed by atoms with Crippen molar-refractivity contribution in [3.8, 4) is 0 Å². The molecule has 1 aromatic carbocycles. The molecule has 0 aliphatic carbocycles. The molecule has 18 heavy (non-hydrogen) atoms. The smallest absolute Gasteiger partial charge is 0.193 e. The molecule has 1 unspecified atom stereocenters. The third kappa shape index (κ3) is 2.01. The maximum atomic E-state index is 6.05. The van der Waals surface area contributed by atoms with Crippen molar-refractivity contribution in [3.05, 3.63) is 58.2 Å². The molecule has 3 rings (SSSR count). The van der Waals surface area contributed by atoms with E-state index in [2.05, 4.69) is 0 Å². The topological polar surface area (TPSA) is 52.3 Å². The summed E-state index contributed by atoms with van der Waals surface area (Å²) in [5.41, 5.74) is 6.79. The summed E-state index contributed by atoms with van der Waals surface area (Å²) >= 11 is 11.6. The van der Waals surface area contributed by atoms with Gasteiger partial charge in [-0.3, -0.25) is 0 Å². The van der Waals surface area contributed by atoms with E-state index in [1.165, 1.54) is 0 Å². The fourth-order valence-corrected chi connectivity index (χ4v) is 2.16. The van der Waals surface area contributed by atoms with Crippen LogP contribution in [-0.2, 0) is 0 Å². The molecule has 2 aromatic heterocycles. The first-order chi connectivity index (χ1) is 8.63. The van der Waals surface area contributed by atoms with E-state index in [9.17, 15) is 0 Å². The Labute approximate surface area is 113 Å². The van der Waals surface area contributed by atoms with Crippen molar-refractivity contribution in [1.29, 1.82) is 0 Å². The molecule has 0 saturated carbocycles. The first-order valence-corrected chi connectivity index (χ1v) is 6.09. The predicted molar refractivity (Wildman–Crippen MR) is 71.0 cm³/mol. The standard InChI is InChI=1S/C13H9Cl2NO2/c14-8-1-2-9-7(5-8)6-11(17-9)13(16)10-3-4-12(15)18-10/h1-6,13H,16H2. The van der Waals surface area contributed by atoms with Crippen LogP contribution in [0.4, 0.5) is 0 Å². The Morgan fingerprint density at radius 2 is 1.78 bits per heavy atom. The molecule has 0 saturated heterocycles. The molecular formula is C13H9Cl2NO2. The summed E-state index contributed by atoms with van der Waals surface area (Å²) in [6, 6.07) is 10.1. The molecule has 0 spiro atoms. The molecule has 2 heterocycles. The molecule has 1 atom stereocenters. The Balaban J connectivity index is 2.03. The van der Waals surface area contributed by atoms with Gasteiger partial charge in [-0.2, -0.15) is 0 Å². The summed E-state index contributed by atoms with van der Waals surface area (Å²) in [7, 11) is 0. The van der Waals surface area contributed by atoms with Gasteiger partial charge in [-0.1, -0.05) is 11.6 Å². The van der Waals surface area contributed by atoms with Gasteiger partial charge >= 0.3 is 0 Å². The highest BCUT2D eigenvalue weighted by Gasteiger charge is 2.17. The minimum Gasteiger partial charge on any atom is -0.459 e. The molecule has 0 fully saturated rings. The first kappa shape index (κ1) is 11.7. The van der Waals surface area contributed by atoms with E-state index >= 15 is 0 Å². The molecule has 3 aromatic rings. The molecule has 0 aliphatic heterocycles. The van der Waals surface area contributed by atoms with E-state index in [-0.39, 0.29) is 0 Å². The Kier molecular flexibility index (Phi) is 2.82. The van der Waals surface area contributed by atoms with E-state index in [1.807, 2.05) is 18.2 Å². The van der Waals surface area contributed by atoms with Crippen LogP contribution in [0, 0.1) is 0 Å². The van der Waals surface area contributed by atoms with Gasteiger partial charge in [-0.05, 0) is 48.0 Å². The largest absolute Gasteiger partial charge is 0.459 e. The first-order valence-electron chi connectivity index (χ1n) is 5.33. The second kappa shape index (κ2) is 4.35. The summed E-state index contributed by atoms with van der Waals surface area (Å²) in [6.45, 7) is 0. The van der Waals surface area contributed by atoms with Crippen molar-refractivity contribution < 1.29 is 8.83 Å². The van der Waals surface area contributed by atoms with Crippen LogP contribution in [0.3, 0.4) is 0 Å². The molecule has 5 heteroatoms. The Morgan fingerprint density at radius 1 is 0.944 bits per heavy atom. The number of hydrogen-bond donors (Lipinski definition) is 1. The summed E-state index contributed by atoms with van der Waals surface area (Å²) < 4.78 is 10.9. The van der Waals surface area contributed by atoms with Crippen molar-refractivity contribution >= 4 is 34.2 Å². The van der Waals surface area contributed by atoms with Crippen molar-refractivity contribution in [2.45, 2.75) is 6.04 Å². The quantitative estimate of drug-likeness (QED) is 0.758. The van der Waals surface area contributed by atoms with Gasteiger partial charge in [0.05, 0.1) is 0 Å². The molecule has 3 nitrogen and oxygen atoms in total. The number of fused-ring (bicyclic) bond motifs is 1. The fraction of sp³-hybridized carbons (Fsp3) is 0.0769. The second-order valence-electron chi connectivity index (χ2n) is 3.95. The van der Waals surface area contributed by atoms with Crippen LogP contribution >= 0.6 is 23.2 Å². The average molecular weight is 282 g/mol. The van der Waals surface area contributed by atoms with Gasteiger partial charge in [-0.25, -0.2) is 0 Å². The highest BCUT2D eigenvalue weighted by atomic mass is 35.5. The fourth-order valence-electron chi connectivity index (χ4n) is 1.82. The highest BCUT2D eigenvalue weighted by Crippen LogP contribution is 2.29. The van der Waals surface area contributed by atoms with Crippen LogP contribution in [0.5, 0.6) is 0 Å². The Bertz CT molecular complexity index is 702. The van der Waals surface area contributed by atoms with Crippen molar-refractivity contribution in [3.63, 3.8) is 0 Å². The van der Waals surface area contributed by atoms with Gasteiger partial charge < -0.3 is 14.6 Å². The van der Waals surface area contributed by atoms with E-state index in [0.29, 0.717) is 21.8 Å². The molecule has 0 aliphatic rings. The lowest BCUT2D eigenvalue weighted by molar-refractivity contribution is 0.446. The lowest BCUT2D eigenvalue weighted by Gasteiger charge is -2.03. The molecule has 2 N–H and O–H groups in total. The van der Waals surface area contributed by atoms with Crippen molar-refractivity contribution in [2.24, 2.45) is 5.73 Å². The minimum absolute atomic E-state index is 0.305. The monoisotopic (exact) mass is 281 g/mol.